The van der Waals surface area contributed by atoms with Gasteiger partial charge in [0.05, 0.1) is 26.9 Å². The fraction of sp³-hybridized carbons (Fsp3) is 0.0882. The van der Waals surface area contributed by atoms with Gasteiger partial charge in [0.1, 0.15) is 5.52 Å². The standard InChI is InChI=1S/C34H24N2S/c1-34(2)27-14-8-6-12-23(27)25-19-30-26(18-28(25)34)24-13-7-9-15-29(24)36(30)31-16-22(21-10-4-3-5-11-21)17-32-33(31)35-20-37-32/h3-20H,1-2H3. The average Bonchev–Trinajstić information content (AvgIpc) is 3.60. The van der Waals surface area contributed by atoms with Crippen molar-refractivity contribution in [3.63, 3.8) is 0 Å². The third-order valence-corrected chi connectivity index (χ3v) is 8.92. The molecule has 0 saturated heterocycles. The molecular formula is C34H24N2S. The van der Waals surface area contributed by atoms with E-state index in [1.807, 2.05) is 5.51 Å². The van der Waals surface area contributed by atoms with Crippen LogP contribution in [-0.2, 0) is 5.41 Å². The number of benzene rings is 5. The van der Waals surface area contributed by atoms with E-state index in [0.717, 1.165) is 11.2 Å². The Morgan fingerprint density at radius 3 is 2.32 bits per heavy atom. The van der Waals surface area contributed by atoms with E-state index in [0.29, 0.717) is 0 Å². The Kier molecular flexibility index (Phi) is 4.19. The Labute approximate surface area is 219 Å². The first-order valence-corrected chi connectivity index (χ1v) is 13.6. The summed E-state index contributed by atoms with van der Waals surface area (Å²) in [5, 5.41) is 2.57. The molecule has 0 N–H and O–H groups in total. The number of nitrogens with zero attached hydrogens (tertiary/aromatic N) is 2. The van der Waals surface area contributed by atoms with E-state index in [-0.39, 0.29) is 5.41 Å². The minimum absolute atomic E-state index is 0.0290. The Hall–Kier alpha value is -4.21. The zero-order valence-corrected chi connectivity index (χ0v) is 21.5. The van der Waals surface area contributed by atoms with Gasteiger partial charge in [-0.1, -0.05) is 86.6 Å². The van der Waals surface area contributed by atoms with Crippen molar-refractivity contribution in [2.24, 2.45) is 0 Å². The van der Waals surface area contributed by atoms with Crippen LogP contribution in [-0.4, -0.2) is 9.55 Å². The highest BCUT2D eigenvalue weighted by Gasteiger charge is 2.36. The minimum Gasteiger partial charge on any atom is -0.307 e. The molecule has 1 aliphatic carbocycles. The minimum atomic E-state index is -0.0290. The maximum absolute atomic E-state index is 4.85. The van der Waals surface area contributed by atoms with Gasteiger partial charge in [0, 0.05) is 16.2 Å². The fourth-order valence-corrected chi connectivity index (χ4v) is 7.07. The molecule has 0 radical (unpaired) electrons. The van der Waals surface area contributed by atoms with Gasteiger partial charge in [-0.3, -0.25) is 0 Å². The number of para-hydroxylation sites is 1. The number of fused-ring (bicyclic) bond motifs is 7. The van der Waals surface area contributed by atoms with Gasteiger partial charge in [0.25, 0.3) is 0 Å². The second kappa shape index (κ2) is 7.41. The normalized spacial score (nSPS) is 13.9. The Balaban J connectivity index is 1.51. The number of hydrogen-bond acceptors (Lipinski definition) is 2. The maximum Gasteiger partial charge on any atom is 0.105 e. The Morgan fingerprint density at radius 1 is 0.649 bits per heavy atom. The summed E-state index contributed by atoms with van der Waals surface area (Å²) < 4.78 is 3.64. The Morgan fingerprint density at radius 2 is 1.43 bits per heavy atom. The van der Waals surface area contributed by atoms with Gasteiger partial charge in [0.15, 0.2) is 0 Å². The average molecular weight is 493 g/mol. The molecule has 5 aromatic carbocycles. The van der Waals surface area contributed by atoms with Crippen LogP contribution in [0.25, 0.3) is 60.0 Å². The van der Waals surface area contributed by atoms with Crippen molar-refractivity contribution in [3.05, 3.63) is 120 Å². The topological polar surface area (TPSA) is 17.8 Å². The van der Waals surface area contributed by atoms with Gasteiger partial charge in [-0.25, -0.2) is 4.98 Å². The fourth-order valence-electron chi connectivity index (χ4n) is 6.34. The van der Waals surface area contributed by atoms with E-state index in [1.165, 1.54) is 59.9 Å². The van der Waals surface area contributed by atoms with Gasteiger partial charge < -0.3 is 4.57 Å². The quantitative estimate of drug-likeness (QED) is 0.235. The van der Waals surface area contributed by atoms with Crippen LogP contribution in [0, 0.1) is 0 Å². The number of thiazole rings is 1. The first-order valence-electron chi connectivity index (χ1n) is 12.7. The van der Waals surface area contributed by atoms with Gasteiger partial charge in [-0.15, -0.1) is 11.3 Å². The molecule has 8 rings (SSSR count). The maximum atomic E-state index is 4.85. The third kappa shape index (κ3) is 2.83. The molecule has 0 fully saturated rings. The van der Waals surface area contributed by atoms with Crippen molar-refractivity contribution in [1.82, 2.24) is 9.55 Å². The molecule has 0 atom stereocenters. The summed E-state index contributed by atoms with van der Waals surface area (Å²) in [5.74, 6) is 0. The lowest BCUT2D eigenvalue weighted by molar-refractivity contribution is 0.661. The first-order chi connectivity index (χ1) is 18.1. The second-order valence-corrected chi connectivity index (χ2v) is 11.4. The highest BCUT2D eigenvalue weighted by molar-refractivity contribution is 7.16. The highest BCUT2D eigenvalue weighted by Crippen LogP contribution is 2.51. The van der Waals surface area contributed by atoms with Crippen LogP contribution in [0.3, 0.4) is 0 Å². The molecule has 2 heterocycles. The summed E-state index contributed by atoms with van der Waals surface area (Å²) in [6, 6.07) is 37.8. The molecule has 0 saturated carbocycles. The predicted octanol–water partition coefficient (Wildman–Crippen LogP) is 9.37. The van der Waals surface area contributed by atoms with Crippen molar-refractivity contribution in [2.75, 3.05) is 0 Å². The molecule has 0 bridgehead atoms. The molecule has 3 heteroatoms. The molecule has 1 aliphatic rings. The zero-order valence-electron chi connectivity index (χ0n) is 20.7. The third-order valence-electron chi connectivity index (χ3n) is 8.14. The first kappa shape index (κ1) is 20.9. The molecule has 0 aliphatic heterocycles. The highest BCUT2D eigenvalue weighted by atomic mass is 32.1. The lowest BCUT2D eigenvalue weighted by Crippen LogP contribution is -2.14. The molecule has 2 nitrogen and oxygen atoms in total. The van der Waals surface area contributed by atoms with Crippen molar-refractivity contribution >= 4 is 43.4 Å². The van der Waals surface area contributed by atoms with E-state index < -0.39 is 0 Å². The van der Waals surface area contributed by atoms with Gasteiger partial charge in [-0.2, -0.15) is 0 Å². The lowest BCUT2D eigenvalue weighted by atomic mass is 9.82. The predicted molar refractivity (Wildman–Crippen MR) is 157 cm³/mol. The number of hydrogen-bond donors (Lipinski definition) is 0. The second-order valence-electron chi connectivity index (χ2n) is 10.5. The van der Waals surface area contributed by atoms with Gasteiger partial charge in [0.2, 0.25) is 0 Å². The number of rotatable bonds is 2. The summed E-state index contributed by atoms with van der Waals surface area (Å²) in [7, 11) is 0. The molecule has 0 spiro atoms. The van der Waals surface area contributed by atoms with Crippen molar-refractivity contribution in [3.8, 4) is 27.9 Å². The van der Waals surface area contributed by atoms with Crippen LogP contribution in [0.2, 0.25) is 0 Å². The van der Waals surface area contributed by atoms with Crippen molar-refractivity contribution < 1.29 is 0 Å². The zero-order chi connectivity index (χ0) is 24.7. The molecule has 2 aromatic heterocycles. The van der Waals surface area contributed by atoms with E-state index in [2.05, 4.69) is 122 Å². The van der Waals surface area contributed by atoms with E-state index in [4.69, 9.17) is 4.98 Å². The van der Waals surface area contributed by atoms with Crippen LogP contribution < -0.4 is 0 Å². The molecule has 176 valence electrons. The van der Waals surface area contributed by atoms with Gasteiger partial charge >= 0.3 is 0 Å². The molecular weight excluding hydrogens is 468 g/mol. The largest absolute Gasteiger partial charge is 0.307 e. The van der Waals surface area contributed by atoms with Gasteiger partial charge in [-0.05, 0) is 63.7 Å². The monoisotopic (exact) mass is 492 g/mol. The van der Waals surface area contributed by atoms with E-state index in [1.54, 1.807) is 11.3 Å². The van der Waals surface area contributed by atoms with Crippen LogP contribution >= 0.6 is 11.3 Å². The molecule has 0 unspecified atom stereocenters. The molecule has 7 aromatic rings. The summed E-state index contributed by atoms with van der Waals surface area (Å²) >= 11 is 1.70. The summed E-state index contributed by atoms with van der Waals surface area (Å²) in [6.45, 7) is 4.70. The number of aromatic nitrogens is 2. The Bertz CT molecular complexity index is 2010. The smallest absolute Gasteiger partial charge is 0.105 e. The van der Waals surface area contributed by atoms with Crippen LogP contribution in [0.15, 0.2) is 109 Å². The van der Waals surface area contributed by atoms with E-state index >= 15 is 0 Å². The lowest BCUT2D eigenvalue weighted by Gasteiger charge is -2.21. The summed E-state index contributed by atoms with van der Waals surface area (Å²) in [5.41, 5.74) is 14.5. The van der Waals surface area contributed by atoms with Crippen LogP contribution in [0.4, 0.5) is 0 Å². The summed E-state index contributed by atoms with van der Waals surface area (Å²) in [4.78, 5) is 4.85. The van der Waals surface area contributed by atoms with Crippen molar-refractivity contribution in [2.45, 2.75) is 19.3 Å². The van der Waals surface area contributed by atoms with Crippen LogP contribution in [0.1, 0.15) is 25.0 Å². The summed E-state index contributed by atoms with van der Waals surface area (Å²) in [6.07, 6.45) is 0. The van der Waals surface area contributed by atoms with E-state index in [9.17, 15) is 0 Å². The van der Waals surface area contributed by atoms with Crippen molar-refractivity contribution in [1.29, 1.82) is 0 Å². The molecule has 37 heavy (non-hydrogen) atoms. The van der Waals surface area contributed by atoms with Crippen LogP contribution in [0.5, 0.6) is 0 Å². The molecule has 0 amide bonds. The SMILES string of the molecule is CC1(C)c2ccccc2-c2cc3c(cc21)c1ccccc1n3-c1cc(-c2ccccc2)cc2scnc12.